The second-order valence-corrected chi connectivity index (χ2v) is 24.0. The second-order valence-electron chi connectivity index (χ2n) is 22.6. The van der Waals surface area contributed by atoms with Crippen LogP contribution in [0.25, 0.3) is 0 Å². The van der Waals surface area contributed by atoms with Gasteiger partial charge in [0.15, 0.2) is 0 Å². The molecule has 1 aliphatic carbocycles. The summed E-state index contributed by atoms with van der Waals surface area (Å²) in [5, 5.41) is 64.4. The number of aliphatic hydroxyl groups is 6. The number of rotatable bonds is 55. The first-order valence-electron chi connectivity index (χ1n) is 31.6. The number of carbonyl (C=O) groups is 1. The predicted molar refractivity (Wildman–Crippen MR) is 306 cm³/mol. The molecule has 440 valence electrons. The smallest absolute Gasteiger partial charge is 0.387 e. The monoisotopic (exact) mass is 1070 g/mol. The summed E-state index contributed by atoms with van der Waals surface area (Å²) in [7, 11) is -5.08. The molecule has 12 nitrogen and oxygen atoms in total. The number of hydrogen-bond acceptors (Lipinski definition) is 10. The molecule has 1 saturated carbocycles. The molecule has 0 radical (unpaired) electrons. The highest BCUT2D eigenvalue weighted by Gasteiger charge is 2.51. The molecule has 0 heterocycles. The fourth-order valence-corrected chi connectivity index (χ4v) is 11.5. The van der Waals surface area contributed by atoms with Gasteiger partial charge in [-0.3, -0.25) is 13.8 Å². The van der Waals surface area contributed by atoms with Crippen LogP contribution in [0.3, 0.4) is 0 Å². The minimum absolute atomic E-state index is 0.220. The van der Waals surface area contributed by atoms with E-state index >= 15 is 0 Å². The number of phosphoric acid groups is 1. The molecule has 1 aliphatic rings. The van der Waals surface area contributed by atoms with Gasteiger partial charge in [0.2, 0.25) is 5.91 Å². The van der Waals surface area contributed by atoms with E-state index < -0.39 is 63.2 Å². The Balaban J connectivity index is 2.22. The second kappa shape index (κ2) is 50.3. The fraction of sp³-hybridized carbons (Fsp3) is 0.951. The Hall–Kier alpha value is -0.920. The van der Waals surface area contributed by atoms with E-state index in [4.69, 9.17) is 9.05 Å². The average molecular weight is 1070 g/mol. The van der Waals surface area contributed by atoms with Crippen LogP contribution in [-0.4, -0.2) is 96.8 Å². The van der Waals surface area contributed by atoms with Gasteiger partial charge in [0.1, 0.15) is 36.6 Å². The molecule has 1 rings (SSSR count). The van der Waals surface area contributed by atoms with Crippen molar-refractivity contribution in [3.05, 3.63) is 12.2 Å². The Labute approximate surface area is 454 Å². The number of nitrogens with one attached hydrogen (secondary N) is 1. The summed E-state index contributed by atoms with van der Waals surface area (Å²) < 4.78 is 23.1. The Morgan fingerprint density at radius 3 is 1.03 bits per heavy atom. The van der Waals surface area contributed by atoms with E-state index in [1.54, 1.807) is 6.08 Å². The van der Waals surface area contributed by atoms with Gasteiger partial charge >= 0.3 is 7.82 Å². The largest absolute Gasteiger partial charge is 0.472 e. The summed E-state index contributed by atoms with van der Waals surface area (Å²) in [6.45, 7) is 3.90. The number of aliphatic hydroxyl groups excluding tert-OH is 6. The zero-order chi connectivity index (χ0) is 54.2. The zero-order valence-electron chi connectivity index (χ0n) is 47.9. The average Bonchev–Trinajstić information content (AvgIpc) is 3.39. The third-order valence-electron chi connectivity index (χ3n) is 15.6. The number of phosphoric ester groups is 1. The van der Waals surface area contributed by atoms with E-state index in [2.05, 4.69) is 19.2 Å². The summed E-state index contributed by atoms with van der Waals surface area (Å²) in [5.74, 6) is -0.333. The molecule has 9 atom stereocenters. The van der Waals surface area contributed by atoms with E-state index in [9.17, 15) is 44.9 Å². The number of unbranched alkanes of at least 4 members (excludes halogenated alkanes) is 44. The number of allylic oxidation sites excluding steroid dienone is 1. The normalized spacial score (nSPS) is 20.8. The molecule has 6 unspecified atom stereocenters. The molecule has 0 bridgehead atoms. The van der Waals surface area contributed by atoms with Gasteiger partial charge in [0, 0.05) is 6.42 Å². The van der Waals surface area contributed by atoms with Gasteiger partial charge in [-0.2, -0.15) is 0 Å². The van der Waals surface area contributed by atoms with Crippen LogP contribution in [0.1, 0.15) is 316 Å². The molecule has 1 amide bonds. The highest BCUT2D eigenvalue weighted by atomic mass is 31.2. The van der Waals surface area contributed by atoms with Crippen molar-refractivity contribution >= 4 is 13.7 Å². The van der Waals surface area contributed by atoms with Gasteiger partial charge in [-0.05, 0) is 19.3 Å². The zero-order valence-corrected chi connectivity index (χ0v) is 48.8. The number of hydrogen-bond donors (Lipinski definition) is 8. The van der Waals surface area contributed by atoms with E-state index in [0.29, 0.717) is 6.42 Å². The van der Waals surface area contributed by atoms with Crippen LogP contribution in [-0.2, 0) is 18.4 Å². The van der Waals surface area contributed by atoms with Crippen LogP contribution in [0.5, 0.6) is 0 Å². The standard InChI is InChI=1S/C61H120NO11P/c1-3-5-7-9-11-13-15-17-19-21-22-23-24-25-26-27-28-29-30-31-32-33-34-35-37-39-41-43-45-47-49-51-55(64)62-53(52-72-74(70,71)73-61-59(68)57(66)56(65)58(67)60(61)69)54(63)50-48-46-44-42-40-38-36-20-18-16-14-12-10-8-6-4-2/h48,50,53-54,56-61,63,65-69H,3-47,49,51-52H2,1-2H3,(H,62,64)(H,70,71)/b50-48+/t53-,54+,56?,57+,58?,59?,60?,61?/m0/s1. The van der Waals surface area contributed by atoms with Gasteiger partial charge in [0.25, 0.3) is 0 Å². The number of amides is 1. The lowest BCUT2D eigenvalue weighted by Gasteiger charge is -2.41. The van der Waals surface area contributed by atoms with Crippen molar-refractivity contribution in [2.24, 2.45) is 0 Å². The summed E-state index contributed by atoms with van der Waals surface area (Å²) in [4.78, 5) is 23.6. The van der Waals surface area contributed by atoms with Crippen molar-refractivity contribution < 1.29 is 53.9 Å². The van der Waals surface area contributed by atoms with Crippen LogP contribution in [0.2, 0.25) is 0 Å². The number of carbonyl (C=O) groups excluding carboxylic acids is 1. The van der Waals surface area contributed by atoms with Crippen molar-refractivity contribution in [1.82, 2.24) is 5.32 Å². The SMILES string of the molecule is CCCCCCCCCCCCCCCC/C=C/[C@@H](O)[C@H](COP(=O)(O)OC1C(O)C(O)C(O)[C@@H](O)C1O)NC(=O)CCCCCCCCCCCCCCCCCCCCCCCCCCCCCCCCC. The molecule has 0 aromatic carbocycles. The fourth-order valence-electron chi connectivity index (χ4n) is 10.5. The molecule has 0 saturated heterocycles. The van der Waals surface area contributed by atoms with Crippen molar-refractivity contribution in [2.45, 2.75) is 364 Å². The lowest BCUT2D eigenvalue weighted by molar-refractivity contribution is -0.220. The summed E-state index contributed by atoms with van der Waals surface area (Å²) in [6, 6.07) is -1.11. The molecule has 74 heavy (non-hydrogen) atoms. The van der Waals surface area contributed by atoms with E-state index in [1.165, 1.54) is 244 Å². The molecule has 0 aromatic heterocycles. The Bertz CT molecular complexity index is 1290. The highest BCUT2D eigenvalue weighted by molar-refractivity contribution is 7.47. The van der Waals surface area contributed by atoms with Crippen molar-refractivity contribution in [3.63, 3.8) is 0 Å². The van der Waals surface area contributed by atoms with Gasteiger partial charge in [0.05, 0.1) is 18.8 Å². The Kier molecular flexibility index (Phi) is 48.3. The Morgan fingerprint density at radius 2 is 0.716 bits per heavy atom. The quantitative estimate of drug-likeness (QED) is 0.0163. The Morgan fingerprint density at radius 1 is 0.446 bits per heavy atom. The van der Waals surface area contributed by atoms with Crippen LogP contribution < -0.4 is 5.32 Å². The lowest BCUT2D eigenvalue weighted by Crippen LogP contribution is -2.64. The molecule has 0 aliphatic heterocycles. The molecule has 8 N–H and O–H groups in total. The molecule has 13 heteroatoms. The molecular weight excluding hydrogens is 954 g/mol. The van der Waals surface area contributed by atoms with Crippen LogP contribution in [0.15, 0.2) is 12.2 Å². The summed E-state index contributed by atoms with van der Waals surface area (Å²) in [5.41, 5.74) is 0. The summed E-state index contributed by atoms with van der Waals surface area (Å²) >= 11 is 0. The molecule has 0 aromatic rings. The maximum Gasteiger partial charge on any atom is 0.472 e. The van der Waals surface area contributed by atoms with Crippen molar-refractivity contribution in [3.8, 4) is 0 Å². The minimum Gasteiger partial charge on any atom is -0.387 e. The van der Waals surface area contributed by atoms with E-state index in [1.807, 2.05) is 6.08 Å². The molecular formula is C61H120NO11P. The topological polar surface area (TPSA) is 206 Å². The van der Waals surface area contributed by atoms with Gasteiger partial charge in [-0.25, -0.2) is 4.57 Å². The molecule has 0 spiro atoms. The first-order valence-corrected chi connectivity index (χ1v) is 33.1. The van der Waals surface area contributed by atoms with Gasteiger partial charge in [-0.15, -0.1) is 0 Å². The van der Waals surface area contributed by atoms with Crippen molar-refractivity contribution in [1.29, 1.82) is 0 Å². The van der Waals surface area contributed by atoms with Crippen molar-refractivity contribution in [2.75, 3.05) is 6.61 Å². The maximum atomic E-state index is 13.1. The predicted octanol–water partition coefficient (Wildman–Crippen LogP) is 15.1. The maximum absolute atomic E-state index is 13.1. The van der Waals surface area contributed by atoms with Crippen LogP contribution in [0.4, 0.5) is 0 Å². The van der Waals surface area contributed by atoms with Gasteiger partial charge in [-0.1, -0.05) is 302 Å². The third-order valence-corrected chi connectivity index (χ3v) is 16.6. The van der Waals surface area contributed by atoms with Crippen LogP contribution in [0, 0.1) is 0 Å². The molecule has 1 fully saturated rings. The van der Waals surface area contributed by atoms with E-state index in [-0.39, 0.29) is 12.3 Å². The first-order chi connectivity index (χ1) is 35.9. The summed E-state index contributed by atoms with van der Waals surface area (Å²) in [6.07, 6.45) is 50.2. The lowest BCUT2D eigenvalue weighted by atomic mass is 9.85. The van der Waals surface area contributed by atoms with E-state index in [0.717, 1.165) is 44.9 Å². The highest BCUT2D eigenvalue weighted by Crippen LogP contribution is 2.47. The minimum atomic E-state index is -5.08. The third kappa shape index (κ3) is 40.3. The van der Waals surface area contributed by atoms with Gasteiger partial charge < -0.3 is 40.8 Å². The van der Waals surface area contributed by atoms with Crippen LogP contribution >= 0.6 is 7.82 Å². The first kappa shape index (κ1) is 71.1.